The van der Waals surface area contributed by atoms with E-state index in [1.54, 1.807) is 6.92 Å². The van der Waals surface area contributed by atoms with Gasteiger partial charge in [-0.2, -0.15) is 0 Å². The van der Waals surface area contributed by atoms with Crippen LogP contribution in [0.3, 0.4) is 0 Å². The van der Waals surface area contributed by atoms with Crippen LogP contribution in [0.5, 0.6) is 0 Å². The van der Waals surface area contributed by atoms with Gasteiger partial charge < -0.3 is 20.3 Å². The summed E-state index contributed by atoms with van der Waals surface area (Å²) in [6, 6.07) is 9.95. The van der Waals surface area contributed by atoms with Crippen LogP contribution in [0.25, 0.3) is 0 Å². The third-order valence-corrected chi connectivity index (χ3v) is 2.61. The Morgan fingerprint density at radius 1 is 1.18 bits per heavy atom. The summed E-state index contributed by atoms with van der Waals surface area (Å²) < 4.78 is 5.48. The third kappa shape index (κ3) is 5.28. The van der Waals surface area contributed by atoms with Crippen LogP contribution in [0.15, 0.2) is 30.3 Å². The van der Waals surface area contributed by atoms with Gasteiger partial charge in [-0.3, -0.25) is 0 Å². The summed E-state index contributed by atoms with van der Waals surface area (Å²) in [5.41, 5.74) is 0.510. The summed E-state index contributed by atoms with van der Waals surface area (Å²) in [5.74, 6) is 0. The van der Waals surface area contributed by atoms with E-state index in [2.05, 4.69) is 5.32 Å². The molecule has 0 unspecified atom stereocenters. The lowest BCUT2D eigenvalue weighted by atomic mass is 10.1. The lowest BCUT2D eigenvalue weighted by Crippen LogP contribution is -2.50. The molecule has 0 atom stereocenters. The van der Waals surface area contributed by atoms with E-state index in [0.717, 1.165) is 5.56 Å². The van der Waals surface area contributed by atoms with E-state index in [1.165, 1.54) is 0 Å². The average Bonchev–Trinajstić information content (AvgIpc) is 2.39. The van der Waals surface area contributed by atoms with Gasteiger partial charge >= 0.3 is 0 Å². The summed E-state index contributed by atoms with van der Waals surface area (Å²) >= 11 is 0. The number of aliphatic hydroxyl groups excluding tert-OH is 2. The Morgan fingerprint density at radius 2 is 1.82 bits per heavy atom. The minimum Gasteiger partial charge on any atom is -0.394 e. The molecule has 0 radical (unpaired) electrons. The van der Waals surface area contributed by atoms with E-state index in [0.29, 0.717) is 19.8 Å². The number of nitrogens with one attached hydrogen (secondary N) is 1. The zero-order chi connectivity index (χ0) is 12.6. The maximum atomic E-state index is 9.06. The van der Waals surface area contributed by atoms with Crippen LogP contribution in [-0.2, 0) is 11.3 Å². The van der Waals surface area contributed by atoms with E-state index in [-0.39, 0.29) is 13.2 Å². The predicted octanol–water partition coefficient (Wildman–Crippen LogP) is 0.536. The number of benzene rings is 1. The molecule has 0 fully saturated rings. The predicted molar refractivity (Wildman–Crippen MR) is 66.7 cm³/mol. The molecule has 0 saturated carbocycles. The molecule has 4 heteroatoms. The second-order valence-electron chi connectivity index (χ2n) is 4.34. The van der Waals surface area contributed by atoms with Gasteiger partial charge in [0.05, 0.1) is 32.0 Å². The highest BCUT2D eigenvalue weighted by molar-refractivity contribution is 5.13. The molecule has 0 amide bonds. The molecule has 0 aliphatic rings. The van der Waals surface area contributed by atoms with Gasteiger partial charge in [0.2, 0.25) is 0 Å². The smallest absolute Gasteiger partial charge is 0.0717 e. The highest BCUT2D eigenvalue weighted by Crippen LogP contribution is 2.01. The summed E-state index contributed by atoms with van der Waals surface area (Å²) in [4.78, 5) is 0. The monoisotopic (exact) mass is 239 g/mol. The Kier molecular flexibility index (Phi) is 6.15. The molecular formula is C13H21NO3. The lowest BCUT2D eigenvalue weighted by Gasteiger charge is -2.26. The van der Waals surface area contributed by atoms with Gasteiger partial charge in [-0.1, -0.05) is 30.3 Å². The standard InChI is InChI=1S/C13H21NO3/c1-13(10-15,11-16)14-7-8-17-9-12-5-3-2-4-6-12/h2-6,14-16H,7-11H2,1H3. The maximum absolute atomic E-state index is 9.06. The van der Waals surface area contributed by atoms with Crippen molar-refractivity contribution in [3.8, 4) is 0 Å². The second-order valence-corrected chi connectivity index (χ2v) is 4.34. The first-order valence-corrected chi connectivity index (χ1v) is 5.78. The molecule has 0 spiro atoms. The Labute approximate surface area is 102 Å². The molecule has 3 N–H and O–H groups in total. The third-order valence-electron chi connectivity index (χ3n) is 2.61. The molecule has 96 valence electrons. The molecule has 1 aromatic carbocycles. The first kappa shape index (κ1) is 14.1. The van der Waals surface area contributed by atoms with E-state index in [1.807, 2.05) is 30.3 Å². The number of rotatable bonds is 8. The number of hydrogen-bond acceptors (Lipinski definition) is 4. The fraction of sp³-hybridized carbons (Fsp3) is 0.538. The van der Waals surface area contributed by atoms with Crippen molar-refractivity contribution in [2.75, 3.05) is 26.4 Å². The van der Waals surface area contributed by atoms with Crippen LogP contribution >= 0.6 is 0 Å². The maximum Gasteiger partial charge on any atom is 0.0717 e. The molecule has 1 aromatic rings. The molecule has 17 heavy (non-hydrogen) atoms. The van der Waals surface area contributed by atoms with Crippen molar-refractivity contribution in [3.63, 3.8) is 0 Å². The van der Waals surface area contributed by atoms with Crippen LogP contribution in [0, 0.1) is 0 Å². The fourth-order valence-corrected chi connectivity index (χ4v) is 1.35. The van der Waals surface area contributed by atoms with Crippen LogP contribution in [-0.4, -0.2) is 42.1 Å². The van der Waals surface area contributed by atoms with Crippen molar-refractivity contribution in [1.29, 1.82) is 0 Å². The van der Waals surface area contributed by atoms with Crippen LogP contribution in [0.4, 0.5) is 0 Å². The highest BCUT2D eigenvalue weighted by Gasteiger charge is 2.20. The largest absolute Gasteiger partial charge is 0.394 e. The molecule has 0 heterocycles. The summed E-state index contributed by atoms with van der Waals surface area (Å²) in [7, 11) is 0. The minimum absolute atomic E-state index is 0.0951. The van der Waals surface area contributed by atoms with E-state index in [4.69, 9.17) is 14.9 Å². The normalized spacial score (nSPS) is 11.7. The Bertz CT molecular complexity index is 299. The molecule has 0 bridgehead atoms. The van der Waals surface area contributed by atoms with Crippen LogP contribution in [0.2, 0.25) is 0 Å². The number of hydrogen-bond donors (Lipinski definition) is 3. The van der Waals surface area contributed by atoms with Crippen molar-refractivity contribution >= 4 is 0 Å². The van der Waals surface area contributed by atoms with Crippen molar-refractivity contribution in [2.45, 2.75) is 19.1 Å². The van der Waals surface area contributed by atoms with Crippen molar-refractivity contribution in [2.24, 2.45) is 0 Å². The highest BCUT2D eigenvalue weighted by atomic mass is 16.5. The zero-order valence-electron chi connectivity index (χ0n) is 10.2. The molecule has 0 saturated heterocycles. The molecule has 0 aliphatic carbocycles. The molecule has 0 aromatic heterocycles. The Hall–Kier alpha value is -0.940. The van der Waals surface area contributed by atoms with Gasteiger partial charge in [0.25, 0.3) is 0 Å². The van der Waals surface area contributed by atoms with E-state index >= 15 is 0 Å². The number of ether oxygens (including phenoxy) is 1. The average molecular weight is 239 g/mol. The van der Waals surface area contributed by atoms with Gasteiger partial charge in [0.15, 0.2) is 0 Å². The summed E-state index contributed by atoms with van der Waals surface area (Å²) in [6.45, 7) is 3.31. The fourth-order valence-electron chi connectivity index (χ4n) is 1.35. The quantitative estimate of drug-likeness (QED) is 0.579. The second kappa shape index (κ2) is 7.40. The molecule has 0 aliphatic heterocycles. The molecule has 4 nitrogen and oxygen atoms in total. The lowest BCUT2D eigenvalue weighted by molar-refractivity contribution is 0.0803. The van der Waals surface area contributed by atoms with Crippen LogP contribution in [0.1, 0.15) is 12.5 Å². The molecule has 1 rings (SSSR count). The first-order valence-electron chi connectivity index (χ1n) is 5.78. The zero-order valence-corrected chi connectivity index (χ0v) is 10.2. The first-order chi connectivity index (χ1) is 8.20. The summed E-state index contributed by atoms with van der Waals surface area (Å²) in [6.07, 6.45) is 0. The number of aliphatic hydroxyl groups is 2. The van der Waals surface area contributed by atoms with Gasteiger partial charge in [-0.05, 0) is 12.5 Å². The Morgan fingerprint density at radius 3 is 2.41 bits per heavy atom. The van der Waals surface area contributed by atoms with E-state index < -0.39 is 5.54 Å². The van der Waals surface area contributed by atoms with Gasteiger partial charge in [0, 0.05) is 6.54 Å². The van der Waals surface area contributed by atoms with Crippen molar-refractivity contribution in [1.82, 2.24) is 5.32 Å². The van der Waals surface area contributed by atoms with Crippen molar-refractivity contribution in [3.05, 3.63) is 35.9 Å². The van der Waals surface area contributed by atoms with Gasteiger partial charge in [-0.25, -0.2) is 0 Å². The SMILES string of the molecule is CC(CO)(CO)NCCOCc1ccccc1. The molecular weight excluding hydrogens is 218 g/mol. The summed E-state index contributed by atoms with van der Waals surface area (Å²) in [5, 5.41) is 21.2. The van der Waals surface area contributed by atoms with Gasteiger partial charge in [0.1, 0.15) is 0 Å². The van der Waals surface area contributed by atoms with Gasteiger partial charge in [-0.15, -0.1) is 0 Å². The Balaban J connectivity index is 2.13. The minimum atomic E-state index is -0.629. The van der Waals surface area contributed by atoms with Crippen LogP contribution < -0.4 is 5.32 Å². The topological polar surface area (TPSA) is 61.7 Å². The van der Waals surface area contributed by atoms with E-state index in [9.17, 15) is 0 Å². The van der Waals surface area contributed by atoms with Crippen molar-refractivity contribution < 1.29 is 14.9 Å².